The van der Waals surface area contributed by atoms with Gasteiger partial charge in [0.25, 0.3) is 0 Å². The molecule has 3 fully saturated rings. The van der Waals surface area contributed by atoms with Crippen LogP contribution in [0.15, 0.2) is 22.8 Å². The Hall–Kier alpha value is -1.42. The molecule has 0 aliphatic heterocycles. The number of esters is 1. The first-order chi connectivity index (χ1) is 13.2. The second-order valence-corrected chi connectivity index (χ2v) is 10.2. The van der Waals surface area contributed by atoms with E-state index in [0.29, 0.717) is 24.2 Å². The Morgan fingerprint density at radius 3 is 2.54 bits per heavy atom. The number of carbonyl (C=O) groups is 3. The van der Waals surface area contributed by atoms with Gasteiger partial charge in [-0.2, -0.15) is 0 Å². The molecule has 3 saturated carbocycles. The van der Waals surface area contributed by atoms with Crippen LogP contribution >= 0.6 is 11.6 Å². The van der Waals surface area contributed by atoms with Crippen molar-refractivity contribution < 1.29 is 19.1 Å². The van der Waals surface area contributed by atoms with Gasteiger partial charge in [-0.25, -0.2) is 0 Å². The molecule has 0 saturated heterocycles. The molecule has 0 heterocycles. The van der Waals surface area contributed by atoms with Crippen molar-refractivity contribution in [2.24, 2.45) is 40.9 Å². The Bertz CT molecular complexity index is 857. The summed E-state index contributed by atoms with van der Waals surface area (Å²) >= 11 is 6.75. The van der Waals surface area contributed by atoms with Crippen molar-refractivity contribution in [3.63, 3.8) is 0 Å². The van der Waals surface area contributed by atoms with Crippen molar-refractivity contribution in [2.45, 2.75) is 58.5 Å². The van der Waals surface area contributed by atoms with Gasteiger partial charge < -0.3 is 4.74 Å². The van der Waals surface area contributed by atoms with E-state index in [4.69, 9.17) is 16.3 Å². The minimum Gasteiger partial charge on any atom is -0.451 e. The number of hydrogen-bond donors (Lipinski definition) is 0. The van der Waals surface area contributed by atoms with Crippen molar-refractivity contribution in [3.8, 4) is 0 Å². The van der Waals surface area contributed by atoms with E-state index in [0.717, 1.165) is 36.3 Å². The first-order valence-corrected chi connectivity index (χ1v) is 10.9. The Morgan fingerprint density at radius 2 is 1.86 bits per heavy atom. The number of rotatable bonds is 2. The van der Waals surface area contributed by atoms with Gasteiger partial charge in [0.15, 0.2) is 17.2 Å². The number of halogens is 1. The van der Waals surface area contributed by atoms with Gasteiger partial charge >= 0.3 is 5.97 Å². The smallest absolute Gasteiger partial charge is 0.303 e. The van der Waals surface area contributed by atoms with Crippen molar-refractivity contribution >= 4 is 29.1 Å². The summed E-state index contributed by atoms with van der Waals surface area (Å²) in [6.07, 6.45) is 8.28. The molecular formula is C23H27ClO4. The van der Waals surface area contributed by atoms with Gasteiger partial charge in [0.2, 0.25) is 0 Å². The fourth-order valence-corrected chi connectivity index (χ4v) is 7.94. The zero-order valence-electron chi connectivity index (χ0n) is 16.7. The lowest BCUT2D eigenvalue weighted by atomic mass is 9.51. The molecule has 1 unspecified atom stereocenters. The van der Waals surface area contributed by atoms with Gasteiger partial charge in [0.05, 0.1) is 0 Å². The number of hydrogen-bond acceptors (Lipinski definition) is 4. The van der Waals surface area contributed by atoms with Crippen LogP contribution in [0.2, 0.25) is 0 Å². The lowest BCUT2D eigenvalue weighted by Crippen LogP contribution is -2.52. The molecule has 5 rings (SSSR count). The molecule has 0 aromatic carbocycles. The van der Waals surface area contributed by atoms with E-state index >= 15 is 0 Å². The Kier molecular flexibility index (Phi) is 3.86. The Balaban J connectivity index is 1.55. The zero-order chi connectivity index (χ0) is 20.0. The summed E-state index contributed by atoms with van der Waals surface area (Å²) in [5, 5.41) is 0.718. The molecule has 0 bridgehead atoms. The molecule has 0 aromatic heterocycles. The first-order valence-electron chi connectivity index (χ1n) is 10.5. The number of carbonyl (C=O) groups excluding carboxylic acids is 3. The van der Waals surface area contributed by atoms with Gasteiger partial charge in [-0.15, -0.1) is 0 Å². The zero-order valence-corrected chi connectivity index (χ0v) is 17.4. The van der Waals surface area contributed by atoms with E-state index < -0.39 is 5.60 Å². The van der Waals surface area contributed by atoms with Gasteiger partial charge in [-0.1, -0.05) is 24.6 Å². The lowest BCUT2D eigenvalue weighted by molar-refractivity contribution is -0.172. The van der Waals surface area contributed by atoms with Crippen molar-refractivity contribution in [3.05, 3.63) is 22.8 Å². The highest BCUT2D eigenvalue weighted by atomic mass is 35.5. The molecule has 0 aromatic rings. The van der Waals surface area contributed by atoms with Crippen molar-refractivity contribution in [1.82, 2.24) is 0 Å². The highest BCUT2D eigenvalue weighted by Gasteiger charge is 2.66. The number of Topliss-reactive ketones (excluding diaryl/α,β-unsaturated/α-hetero) is 1. The van der Waals surface area contributed by atoms with E-state index in [1.165, 1.54) is 6.92 Å². The summed E-state index contributed by atoms with van der Waals surface area (Å²) < 4.78 is 5.71. The molecular weight excluding hydrogens is 376 g/mol. The average Bonchev–Trinajstić information content (AvgIpc) is 3.36. The minimum atomic E-state index is -0.969. The highest BCUT2D eigenvalue weighted by Crippen LogP contribution is 2.70. The molecule has 150 valence electrons. The third-order valence-corrected chi connectivity index (χ3v) is 9.12. The van der Waals surface area contributed by atoms with Gasteiger partial charge in [-0.05, 0) is 74.3 Å². The molecule has 0 amide bonds. The molecule has 0 spiro atoms. The van der Waals surface area contributed by atoms with Crippen LogP contribution in [0.25, 0.3) is 0 Å². The Morgan fingerprint density at radius 1 is 1.14 bits per heavy atom. The molecule has 8 atom stereocenters. The molecule has 0 radical (unpaired) electrons. The van der Waals surface area contributed by atoms with E-state index in [1.807, 2.05) is 6.08 Å². The van der Waals surface area contributed by atoms with E-state index in [1.54, 1.807) is 6.92 Å². The third-order valence-electron chi connectivity index (χ3n) is 8.79. The summed E-state index contributed by atoms with van der Waals surface area (Å²) in [5.74, 6) is 1.48. The molecule has 5 aliphatic carbocycles. The fraction of sp³-hybridized carbons (Fsp3) is 0.696. The third kappa shape index (κ3) is 2.21. The first kappa shape index (κ1) is 18.6. The quantitative estimate of drug-likeness (QED) is 0.649. The van der Waals surface area contributed by atoms with Gasteiger partial charge in [-0.3, -0.25) is 14.4 Å². The summed E-state index contributed by atoms with van der Waals surface area (Å²) in [6, 6.07) is 0. The van der Waals surface area contributed by atoms with Crippen LogP contribution in [0.4, 0.5) is 0 Å². The minimum absolute atomic E-state index is 0.0307. The monoisotopic (exact) mass is 402 g/mol. The maximum absolute atomic E-state index is 12.6. The van der Waals surface area contributed by atoms with Crippen molar-refractivity contribution in [2.75, 3.05) is 0 Å². The number of fused-ring (bicyclic) bond motifs is 7. The molecule has 0 N–H and O–H groups in total. The van der Waals surface area contributed by atoms with Gasteiger partial charge in [0, 0.05) is 29.2 Å². The Labute approximate surface area is 170 Å². The lowest BCUT2D eigenvalue weighted by Gasteiger charge is -2.54. The number of allylic oxidation sites excluding steroid dienone is 4. The SMILES string of the molecule is CC(=O)O[C@]1(C(C)=O)CC[C@@H]2C1CC[C@H]1[C@H]2C=C(Cl)C2=CC(=O)[C@@H]3C[C@@H]3[C@@]21C. The van der Waals surface area contributed by atoms with Crippen LogP contribution in [0.3, 0.4) is 0 Å². The standard InChI is InChI=1S/C23H27ClO4/c1-11(25)23(28-12(2)26)7-6-13-14-9-20(24)19-10-21(27)15-8-18(15)22(19,3)16(14)4-5-17(13)23/h9-10,13-18H,4-8H2,1-3H3/t13-,14-,15+,16-,17?,18-,22-,23-/m0/s1. The predicted octanol–water partition coefficient (Wildman–Crippen LogP) is 4.22. The maximum Gasteiger partial charge on any atom is 0.303 e. The molecule has 28 heavy (non-hydrogen) atoms. The average molecular weight is 403 g/mol. The van der Waals surface area contributed by atoms with Crippen LogP contribution in [-0.4, -0.2) is 23.1 Å². The largest absolute Gasteiger partial charge is 0.451 e. The van der Waals surface area contributed by atoms with Crippen LogP contribution in [0, 0.1) is 40.9 Å². The normalized spacial score (nSPS) is 48.4. The van der Waals surface area contributed by atoms with Crippen LogP contribution in [0.1, 0.15) is 52.9 Å². The summed E-state index contributed by atoms with van der Waals surface area (Å²) in [6.45, 7) is 5.26. The topological polar surface area (TPSA) is 60.4 Å². The molecule has 4 nitrogen and oxygen atoms in total. The number of ketones is 2. The maximum atomic E-state index is 12.6. The second kappa shape index (κ2) is 5.81. The summed E-state index contributed by atoms with van der Waals surface area (Å²) in [4.78, 5) is 36.7. The number of ether oxygens (including phenoxy) is 1. The van der Waals surface area contributed by atoms with E-state index in [2.05, 4.69) is 13.0 Å². The van der Waals surface area contributed by atoms with Crippen molar-refractivity contribution in [1.29, 1.82) is 0 Å². The summed E-state index contributed by atoms with van der Waals surface area (Å²) in [7, 11) is 0. The van der Waals surface area contributed by atoms with Gasteiger partial charge in [0.1, 0.15) is 0 Å². The van der Waals surface area contributed by atoms with E-state index in [9.17, 15) is 14.4 Å². The predicted molar refractivity (Wildman–Crippen MR) is 104 cm³/mol. The fourth-order valence-electron chi connectivity index (χ4n) is 7.54. The van der Waals surface area contributed by atoms with Crippen LogP contribution < -0.4 is 0 Å². The van der Waals surface area contributed by atoms with Crippen LogP contribution in [-0.2, 0) is 19.1 Å². The van der Waals surface area contributed by atoms with Crippen LogP contribution in [0.5, 0.6) is 0 Å². The highest BCUT2D eigenvalue weighted by molar-refractivity contribution is 6.32. The summed E-state index contributed by atoms with van der Waals surface area (Å²) in [5.41, 5.74) is 0.0142. The molecule has 5 heteroatoms. The van der Waals surface area contributed by atoms with E-state index in [-0.39, 0.29) is 40.7 Å². The second-order valence-electron chi connectivity index (χ2n) is 9.82. The molecule has 5 aliphatic rings.